The zero-order valence-electron chi connectivity index (χ0n) is 8.80. The Labute approximate surface area is 80.0 Å². The zero-order valence-corrected chi connectivity index (χ0v) is 8.80. The molecule has 1 aliphatic rings. The number of ether oxygens (including phenoxy) is 2. The number of aliphatic hydroxyl groups excluding tert-OH is 1. The molecule has 0 spiro atoms. The summed E-state index contributed by atoms with van der Waals surface area (Å²) < 4.78 is 11.4. The standard InChI is InChI=1S/C10H20O3/c1-4-10(5-2)12-7-9(3,6-11)8-13-10/h11H,4-8H2,1-3H3. The van der Waals surface area contributed by atoms with Crippen molar-refractivity contribution in [1.29, 1.82) is 0 Å². The van der Waals surface area contributed by atoms with E-state index in [1.807, 2.05) is 6.92 Å². The molecule has 0 amide bonds. The summed E-state index contributed by atoms with van der Waals surface area (Å²) in [5.41, 5.74) is -0.214. The molecule has 0 aromatic heterocycles. The van der Waals surface area contributed by atoms with E-state index in [-0.39, 0.29) is 12.0 Å². The molecule has 1 N–H and O–H groups in total. The van der Waals surface area contributed by atoms with Gasteiger partial charge in [-0.2, -0.15) is 0 Å². The highest BCUT2D eigenvalue weighted by atomic mass is 16.7. The summed E-state index contributed by atoms with van der Waals surface area (Å²) in [5, 5.41) is 9.11. The minimum atomic E-state index is -0.394. The van der Waals surface area contributed by atoms with Gasteiger partial charge in [0.15, 0.2) is 5.79 Å². The minimum Gasteiger partial charge on any atom is -0.396 e. The van der Waals surface area contributed by atoms with Gasteiger partial charge in [0.05, 0.1) is 19.8 Å². The van der Waals surface area contributed by atoms with Crippen molar-refractivity contribution in [2.75, 3.05) is 19.8 Å². The van der Waals surface area contributed by atoms with Gasteiger partial charge >= 0.3 is 0 Å². The maximum absolute atomic E-state index is 9.11. The Hall–Kier alpha value is -0.120. The molecule has 1 saturated heterocycles. The second-order valence-corrected chi connectivity index (χ2v) is 4.16. The van der Waals surface area contributed by atoms with Crippen molar-refractivity contribution in [3.05, 3.63) is 0 Å². The van der Waals surface area contributed by atoms with E-state index in [0.29, 0.717) is 13.2 Å². The molecule has 0 aromatic carbocycles. The lowest BCUT2D eigenvalue weighted by Gasteiger charge is -2.43. The molecular weight excluding hydrogens is 168 g/mol. The van der Waals surface area contributed by atoms with Crippen LogP contribution in [0.3, 0.4) is 0 Å². The predicted octanol–water partition coefficient (Wildman–Crippen LogP) is 1.55. The Bertz CT molecular complexity index is 154. The van der Waals surface area contributed by atoms with Gasteiger partial charge in [-0.3, -0.25) is 0 Å². The summed E-state index contributed by atoms with van der Waals surface area (Å²) in [6.45, 7) is 7.39. The summed E-state index contributed by atoms with van der Waals surface area (Å²) in [6.07, 6.45) is 1.73. The number of hydrogen-bond donors (Lipinski definition) is 1. The van der Waals surface area contributed by atoms with Crippen molar-refractivity contribution in [1.82, 2.24) is 0 Å². The van der Waals surface area contributed by atoms with E-state index in [1.165, 1.54) is 0 Å². The second-order valence-electron chi connectivity index (χ2n) is 4.16. The van der Waals surface area contributed by atoms with E-state index in [4.69, 9.17) is 14.6 Å². The molecule has 3 heteroatoms. The van der Waals surface area contributed by atoms with Crippen LogP contribution < -0.4 is 0 Å². The molecule has 1 aliphatic heterocycles. The summed E-state index contributed by atoms with van der Waals surface area (Å²) in [7, 11) is 0. The highest BCUT2D eigenvalue weighted by Gasteiger charge is 2.39. The third kappa shape index (κ3) is 2.22. The molecule has 0 aromatic rings. The van der Waals surface area contributed by atoms with Gasteiger partial charge in [0.1, 0.15) is 0 Å². The van der Waals surface area contributed by atoms with Gasteiger partial charge in [0.2, 0.25) is 0 Å². The molecule has 0 radical (unpaired) electrons. The molecule has 1 heterocycles. The topological polar surface area (TPSA) is 38.7 Å². The summed E-state index contributed by atoms with van der Waals surface area (Å²) in [4.78, 5) is 0. The van der Waals surface area contributed by atoms with Crippen LogP contribution in [0.2, 0.25) is 0 Å². The lowest BCUT2D eigenvalue weighted by atomic mass is 9.92. The van der Waals surface area contributed by atoms with Crippen LogP contribution in [0.4, 0.5) is 0 Å². The van der Waals surface area contributed by atoms with Gasteiger partial charge in [-0.15, -0.1) is 0 Å². The molecular formula is C10H20O3. The van der Waals surface area contributed by atoms with Crippen LogP contribution in [-0.4, -0.2) is 30.7 Å². The maximum Gasteiger partial charge on any atom is 0.167 e. The Kier molecular flexibility index (Phi) is 3.33. The van der Waals surface area contributed by atoms with Crippen LogP contribution in [0.5, 0.6) is 0 Å². The molecule has 78 valence electrons. The largest absolute Gasteiger partial charge is 0.396 e. The maximum atomic E-state index is 9.11. The van der Waals surface area contributed by atoms with Gasteiger partial charge in [-0.25, -0.2) is 0 Å². The molecule has 0 aliphatic carbocycles. The molecule has 0 unspecified atom stereocenters. The van der Waals surface area contributed by atoms with Crippen molar-refractivity contribution >= 4 is 0 Å². The van der Waals surface area contributed by atoms with Crippen LogP contribution >= 0.6 is 0 Å². The molecule has 0 bridgehead atoms. The normalized spacial score (nSPS) is 25.8. The third-order valence-electron chi connectivity index (χ3n) is 2.83. The van der Waals surface area contributed by atoms with Crippen LogP contribution in [0.1, 0.15) is 33.6 Å². The second kappa shape index (κ2) is 3.95. The molecule has 1 rings (SSSR count). The first-order chi connectivity index (χ1) is 6.10. The van der Waals surface area contributed by atoms with Crippen molar-refractivity contribution in [3.8, 4) is 0 Å². The van der Waals surface area contributed by atoms with Crippen molar-refractivity contribution < 1.29 is 14.6 Å². The zero-order chi connectivity index (χ0) is 9.95. The van der Waals surface area contributed by atoms with E-state index in [1.54, 1.807) is 0 Å². The summed E-state index contributed by atoms with van der Waals surface area (Å²) >= 11 is 0. The molecule has 3 nitrogen and oxygen atoms in total. The summed E-state index contributed by atoms with van der Waals surface area (Å²) in [5.74, 6) is -0.394. The highest BCUT2D eigenvalue weighted by Crippen LogP contribution is 2.33. The summed E-state index contributed by atoms with van der Waals surface area (Å²) in [6, 6.07) is 0. The fraction of sp³-hybridized carbons (Fsp3) is 1.00. The predicted molar refractivity (Wildman–Crippen MR) is 50.4 cm³/mol. The highest BCUT2D eigenvalue weighted by molar-refractivity contribution is 4.81. The van der Waals surface area contributed by atoms with Gasteiger partial charge in [-0.05, 0) is 12.8 Å². The Morgan fingerprint density at radius 2 is 1.62 bits per heavy atom. The molecule has 13 heavy (non-hydrogen) atoms. The monoisotopic (exact) mass is 188 g/mol. The van der Waals surface area contributed by atoms with Crippen LogP contribution in [-0.2, 0) is 9.47 Å². The van der Waals surface area contributed by atoms with Crippen LogP contribution in [0.15, 0.2) is 0 Å². The van der Waals surface area contributed by atoms with Gasteiger partial charge < -0.3 is 14.6 Å². The average molecular weight is 188 g/mol. The van der Waals surface area contributed by atoms with Crippen molar-refractivity contribution in [2.24, 2.45) is 5.41 Å². The first-order valence-electron chi connectivity index (χ1n) is 4.98. The smallest absolute Gasteiger partial charge is 0.167 e. The van der Waals surface area contributed by atoms with E-state index < -0.39 is 5.79 Å². The Balaban J connectivity index is 2.54. The average Bonchev–Trinajstić information content (AvgIpc) is 2.20. The fourth-order valence-electron chi connectivity index (χ4n) is 1.44. The van der Waals surface area contributed by atoms with E-state index in [2.05, 4.69) is 13.8 Å². The Morgan fingerprint density at radius 1 is 1.15 bits per heavy atom. The quantitative estimate of drug-likeness (QED) is 0.730. The minimum absolute atomic E-state index is 0.122. The number of rotatable bonds is 3. The fourth-order valence-corrected chi connectivity index (χ4v) is 1.44. The van der Waals surface area contributed by atoms with Gasteiger partial charge in [0, 0.05) is 5.41 Å². The van der Waals surface area contributed by atoms with Crippen LogP contribution in [0, 0.1) is 5.41 Å². The molecule has 0 saturated carbocycles. The van der Waals surface area contributed by atoms with Crippen LogP contribution in [0.25, 0.3) is 0 Å². The van der Waals surface area contributed by atoms with E-state index in [0.717, 1.165) is 12.8 Å². The molecule has 0 atom stereocenters. The Morgan fingerprint density at radius 3 is 1.92 bits per heavy atom. The first-order valence-corrected chi connectivity index (χ1v) is 4.98. The lowest BCUT2D eigenvalue weighted by Crippen LogP contribution is -2.49. The first kappa shape index (κ1) is 11.0. The van der Waals surface area contributed by atoms with E-state index in [9.17, 15) is 0 Å². The van der Waals surface area contributed by atoms with Crippen molar-refractivity contribution in [2.45, 2.75) is 39.4 Å². The third-order valence-corrected chi connectivity index (χ3v) is 2.83. The van der Waals surface area contributed by atoms with Gasteiger partial charge in [-0.1, -0.05) is 20.8 Å². The number of aliphatic hydroxyl groups is 1. The lowest BCUT2D eigenvalue weighted by molar-refractivity contribution is -0.307. The molecule has 1 fully saturated rings. The SMILES string of the molecule is CCC1(CC)OCC(C)(CO)CO1. The van der Waals surface area contributed by atoms with Crippen molar-refractivity contribution in [3.63, 3.8) is 0 Å². The number of hydrogen-bond acceptors (Lipinski definition) is 3. The van der Waals surface area contributed by atoms with E-state index >= 15 is 0 Å². The van der Waals surface area contributed by atoms with Gasteiger partial charge in [0.25, 0.3) is 0 Å².